The minimum absolute atomic E-state index is 0.193. The Bertz CT molecular complexity index is 658. The summed E-state index contributed by atoms with van der Waals surface area (Å²) in [6.07, 6.45) is 3.78. The molecule has 0 amide bonds. The molecule has 3 rings (SSSR count). The molecule has 0 bridgehead atoms. The van der Waals surface area contributed by atoms with Crippen molar-refractivity contribution in [1.29, 1.82) is 0 Å². The third-order valence-electron chi connectivity index (χ3n) is 4.19. The summed E-state index contributed by atoms with van der Waals surface area (Å²) in [6.45, 7) is 5.71. The Hall–Kier alpha value is -1.92. The van der Waals surface area contributed by atoms with E-state index in [1.54, 1.807) is 12.1 Å². The monoisotopic (exact) mass is 318 g/mol. The Morgan fingerprint density at radius 3 is 3.00 bits per heavy atom. The molecule has 0 radical (unpaired) electrons. The standard InChI is InChI=1S/C17H23FN4O/c1-3-23-16-5-4-13(10-14(16)18)12-22-9-6-19-11-15(22)17-20-7-8-21(17)2/h4-5,7-8,10,15,19H,3,6,9,11-12H2,1-2H3. The molecule has 1 N–H and O–H groups in total. The average Bonchev–Trinajstić information content (AvgIpc) is 2.97. The molecule has 23 heavy (non-hydrogen) atoms. The van der Waals surface area contributed by atoms with Crippen LogP contribution in [0.15, 0.2) is 30.6 Å². The number of nitrogens with one attached hydrogen (secondary N) is 1. The Balaban J connectivity index is 1.77. The van der Waals surface area contributed by atoms with Crippen molar-refractivity contribution in [3.8, 4) is 5.75 Å². The highest BCUT2D eigenvalue weighted by atomic mass is 19.1. The van der Waals surface area contributed by atoms with Gasteiger partial charge < -0.3 is 14.6 Å². The van der Waals surface area contributed by atoms with Gasteiger partial charge in [0, 0.05) is 45.6 Å². The van der Waals surface area contributed by atoms with E-state index < -0.39 is 0 Å². The Morgan fingerprint density at radius 1 is 1.43 bits per heavy atom. The highest BCUT2D eigenvalue weighted by Gasteiger charge is 2.26. The second-order valence-corrected chi connectivity index (χ2v) is 5.78. The molecule has 5 nitrogen and oxygen atoms in total. The molecular formula is C17H23FN4O. The number of rotatable bonds is 5. The molecule has 2 aromatic rings. The van der Waals surface area contributed by atoms with E-state index in [0.717, 1.165) is 31.0 Å². The number of nitrogens with zero attached hydrogens (tertiary/aromatic N) is 3. The van der Waals surface area contributed by atoms with Crippen LogP contribution in [0.25, 0.3) is 0 Å². The molecule has 1 aromatic carbocycles. The first-order valence-electron chi connectivity index (χ1n) is 8.02. The van der Waals surface area contributed by atoms with Gasteiger partial charge in [-0.1, -0.05) is 6.07 Å². The Morgan fingerprint density at radius 2 is 2.30 bits per heavy atom. The minimum atomic E-state index is -0.298. The van der Waals surface area contributed by atoms with Crippen LogP contribution in [-0.2, 0) is 13.6 Å². The predicted octanol–water partition coefficient (Wildman–Crippen LogP) is 2.10. The molecule has 1 aliphatic heterocycles. The fraction of sp³-hybridized carbons (Fsp3) is 0.471. The van der Waals surface area contributed by atoms with Gasteiger partial charge >= 0.3 is 0 Å². The third kappa shape index (κ3) is 3.54. The summed E-state index contributed by atoms with van der Waals surface area (Å²) in [7, 11) is 2.01. The lowest BCUT2D eigenvalue weighted by atomic mass is 10.1. The zero-order chi connectivity index (χ0) is 16.2. The van der Waals surface area contributed by atoms with Gasteiger partial charge in [0.1, 0.15) is 5.82 Å². The lowest BCUT2D eigenvalue weighted by Crippen LogP contribution is -2.46. The van der Waals surface area contributed by atoms with E-state index in [-0.39, 0.29) is 11.9 Å². The van der Waals surface area contributed by atoms with Crippen molar-refractivity contribution >= 4 is 0 Å². The van der Waals surface area contributed by atoms with E-state index in [1.807, 2.05) is 37.0 Å². The number of halogens is 1. The van der Waals surface area contributed by atoms with Crippen LogP contribution < -0.4 is 10.1 Å². The number of aryl methyl sites for hydroxylation is 1. The van der Waals surface area contributed by atoms with Crippen molar-refractivity contribution in [2.75, 3.05) is 26.2 Å². The number of benzene rings is 1. The molecule has 0 spiro atoms. The lowest BCUT2D eigenvalue weighted by Gasteiger charge is -2.35. The van der Waals surface area contributed by atoms with E-state index >= 15 is 0 Å². The largest absolute Gasteiger partial charge is 0.491 e. The fourth-order valence-electron chi connectivity index (χ4n) is 3.04. The number of piperazine rings is 1. The minimum Gasteiger partial charge on any atom is -0.491 e. The van der Waals surface area contributed by atoms with Gasteiger partial charge in [-0.3, -0.25) is 4.90 Å². The van der Waals surface area contributed by atoms with Gasteiger partial charge in [0.15, 0.2) is 11.6 Å². The average molecular weight is 318 g/mol. The van der Waals surface area contributed by atoms with Crippen LogP contribution in [0, 0.1) is 5.82 Å². The summed E-state index contributed by atoms with van der Waals surface area (Å²) in [4.78, 5) is 6.82. The van der Waals surface area contributed by atoms with E-state index in [2.05, 4.69) is 15.2 Å². The van der Waals surface area contributed by atoms with Crippen LogP contribution in [-0.4, -0.2) is 40.7 Å². The summed E-state index contributed by atoms with van der Waals surface area (Å²) in [5.74, 6) is 1.05. The smallest absolute Gasteiger partial charge is 0.165 e. The van der Waals surface area contributed by atoms with Crippen LogP contribution in [0.5, 0.6) is 5.75 Å². The van der Waals surface area contributed by atoms with E-state index in [9.17, 15) is 4.39 Å². The molecule has 1 atom stereocenters. The first kappa shape index (κ1) is 16.0. The number of ether oxygens (including phenoxy) is 1. The lowest BCUT2D eigenvalue weighted by molar-refractivity contribution is 0.144. The zero-order valence-corrected chi connectivity index (χ0v) is 13.6. The summed E-state index contributed by atoms with van der Waals surface area (Å²) >= 11 is 0. The van der Waals surface area contributed by atoms with Crippen molar-refractivity contribution in [3.63, 3.8) is 0 Å². The van der Waals surface area contributed by atoms with Crippen LogP contribution >= 0.6 is 0 Å². The van der Waals surface area contributed by atoms with Gasteiger partial charge in [-0.25, -0.2) is 9.37 Å². The van der Waals surface area contributed by atoms with Crippen molar-refractivity contribution in [2.45, 2.75) is 19.5 Å². The van der Waals surface area contributed by atoms with Gasteiger partial charge in [-0.15, -0.1) is 0 Å². The molecule has 1 saturated heterocycles. The maximum atomic E-state index is 14.1. The summed E-state index contributed by atoms with van der Waals surface area (Å²) in [5, 5.41) is 3.41. The van der Waals surface area contributed by atoms with Gasteiger partial charge in [0.05, 0.1) is 12.6 Å². The molecule has 1 aromatic heterocycles. The Kier molecular flexibility index (Phi) is 4.93. The number of imidazole rings is 1. The van der Waals surface area contributed by atoms with Gasteiger partial charge in [-0.2, -0.15) is 0 Å². The third-order valence-corrected chi connectivity index (χ3v) is 4.19. The molecule has 0 aliphatic carbocycles. The van der Waals surface area contributed by atoms with Gasteiger partial charge in [0.25, 0.3) is 0 Å². The van der Waals surface area contributed by atoms with E-state index in [1.165, 1.54) is 0 Å². The molecule has 1 unspecified atom stereocenters. The van der Waals surface area contributed by atoms with Crippen molar-refractivity contribution in [3.05, 3.63) is 47.8 Å². The molecule has 1 aliphatic rings. The molecular weight excluding hydrogens is 295 g/mol. The van der Waals surface area contributed by atoms with Crippen molar-refractivity contribution in [1.82, 2.24) is 19.8 Å². The zero-order valence-electron chi connectivity index (χ0n) is 13.6. The van der Waals surface area contributed by atoms with E-state index in [4.69, 9.17) is 4.74 Å². The number of hydrogen-bond donors (Lipinski definition) is 1. The fourth-order valence-corrected chi connectivity index (χ4v) is 3.04. The second kappa shape index (κ2) is 7.10. The van der Waals surface area contributed by atoms with Gasteiger partial charge in [-0.05, 0) is 24.6 Å². The SMILES string of the molecule is CCOc1ccc(CN2CCNCC2c2nccn2C)cc1F. The summed E-state index contributed by atoms with van der Waals surface area (Å²) in [5.41, 5.74) is 0.951. The highest BCUT2D eigenvalue weighted by Crippen LogP contribution is 2.24. The van der Waals surface area contributed by atoms with E-state index in [0.29, 0.717) is 18.9 Å². The summed E-state index contributed by atoms with van der Waals surface area (Å²) < 4.78 is 21.4. The molecule has 2 heterocycles. The van der Waals surface area contributed by atoms with Crippen LogP contribution in [0.1, 0.15) is 24.4 Å². The highest BCUT2D eigenvalue weighted by molar-refractivity contribution is 5.29. The number of hydrogen-bond acceptors (Lipinski definition) is 4. The summed E-state index contributed by atoms with van der Waals surface area (Å²) in [6, 6.07) is 5.42. The Labute approximate surface area is 136 Å². The van der Waals surface area contributed by atoms with Crippen molar-refractivity contribution in [2.24, 2.45) is 7.05 Å². The second-order valence-electron chi connectivity index (χ2n) is 5.78. The first-order valence-corrected chi connectivity index (χ1v) is 8.02. The quantitative estimate of drug-likeness (QED) is 0.917. The first-order chi connectivity index (χ1) is 11.2. The molecule has 1 fully saturated rings. The maximum Gasteiger partial charge on any atom is 0.165 e. The normalized spacial score (nSPS) is 19.0. The topological polar surface area (TPSA) is 42.3 Å². The van der Waals surface area contributed by atoms with Crippen molar-refractivity contribution < 1.29 is 9.13 Å². The molecule has 124 valence electrons. The predicted molar refractivity (Wildman–Crippen MR) is 86.8 cm³/mol. The molecule has 0 saturated carbocycles. The van der Waals surface area contributed by atoms with Crippen LogP contribution in [0.2, 0.25) is 0 Å². The number of aromatic nitrogens is 2. The maximum absolute atomic E-state index is 14.1. The van der Waals surface area contributed by atoms with Crippen LogP contribution in [0.4, 0.5) is 4.39 Å². The van der Waals surface area contributed by atoms with Crippen LogP contribution in [0.3, 0.4) is 0 Å². The van der Waals surface area contributed by atoms with Gasteiger partial charge in [0.2, 0.25) is 0 Å². The molecule has 6 heteroatoms.